The highest BCUT2D eigenvalue weighted by molar-refractivity contribution is 7.22. The van der Waals surface area contributed by atoms with E-state index >= 15 is 0 Å². The molecule has 9 rings (SSSR count). The maximum absolute atomic E-state index is 6.19. The number of aromatic nitrogens is 2. The Morgan fingerprint density at radius 2 is 1.33 bits per heavy atom. The smallest absolute Gasteiger partial charge is 0.137 e. The Kier molecular flexibility index (Phi) is 4.21. The van der Waals surface area contributed by atoms with E-state index in [1.807, 2.05) is 12.1 Å². The molecule has 0 N–H and O–H groups in total. The lowest BCUT2D eigenvalue weighted by molar-refractivity contribution is 0.669. The molecule has 0 saturated heterocycles. The fourth-order valence-corrected chi connectivity index (χ4v) is 7.22. The maximum atomic E-state index is 6.19. The summed E-state index contributed by atoms with van der Waals surface area (Å²) in [6.45, 7) is 0. The first-order valence-corrected chi connectivity index (χ1v) is 13.9. The average Bonchev–Trinajstić information content (AvgIpc) is 3.67. The topological polar surface area (TPSA) is 31.0 Å². The van der Waals surface area contributed by atoms with Crippen LogP contribution in [-0.4, -0.2) is 9.55 Å². The highest BCUT2D eigenvalue weighted by atomic mass is 32.1. The first-order chi connectivity index (χ1) is 19.3. The Labute approximate surface area is 227 Å². The molecule has 3 heterocycles. The van der Waals surface area contributed by atoms with E-state index < -0.39 is 0 Å². The van der Waals surface area contributed by atoms with Crippen LogP contribution in [0.4, 0.5) is 0 Å². The molecule has 0 amide bonds. The number of thiazole rings is 1. The van der Waals surface area contributed by atoms with E-state index in [0.717, 1.165) is 42.9 Å². The number of fused-ring (bicyclic) bond motifs is 9. The lowest BCUT2D eigenvalue weighted by Gasteiger charge is -2.10. The molecule has 0 radical (unpaired) electrons. The Morgan fingerprint density at radius 3 is 2.23 bits per heavy atom. The van der Waals surface area contributed by atoms with Gasteiger partial charge in [0.15, 0.2) is 0 Å². The number of furan rings is 1. The molecule has 9 aromatic rings. The second-order valence-corrected chi connectivity index (χ2v) is 11.0. The highest BCUT2D eigenvalue weighted by Crippen LogP contribution is 2.46. The van der Waals surface area contributed by atoms with Crippen LogP contribution in [0.25, 0.3) is 81.0 Å². The fraction of sp³-hybridized carbons (Fsp3) is 0. The summed E-state index contributed by atoms with van der Waals surface area (Å²) in [4.78, 5) is 5.37. The van der Waals surface area contributed by atoms with Crippen LogP contribution >= 0.6 is 11.3 Å². The molecule has 3 aromatic heterocycles. The monoisotopic (exact) mass is 516 g/mol. The standard InChI is InChI=1S/C35H20N2OS/c1-2-11-22(12-3-1)37-26-16-8-6-14-24(26)31-27(37)20-21-10-4-5-13-23(21)33(31)35-36-34-30(39-35)19-18-29-32(34)25-15-7-9-17-28(25)38-29/h1-20H. The van der Waals surface area contributed by atoms with Gasteiger partial charge in [0.2, 0.25) is 0 Å². The molecule has 0 aliphatic carbocycles. The summed E-state index contributed by atoms with van der Waals surface area (Å²) < 4.78 is 9.74. The predicted molar refractivity (Wildman–Crippen MR) is 164 cm³/mol. The van der Waals surface area contributed by atoms with Crippen LogP contribution in [0.3, 0.4) is 0 Å². The number of nitrogens with zero attached hydrogens (tertiary/aromatic N) is 2. The largest absolute Gasteiger partial charge is 0.456 e. The summed E-state index contributed by atoms with van der Waals surface area (Å²) in [6, 6.07) is 42.8. The summed E-state index contributed by atoms with van der Waals surface area (Å²) in [5.41, 5.74) is 7.51. The lowest BCUT2D eigenvalue weighted by atomic mass is 9.99. The summed E-state index contributed by atoms with van der Waals surface area (Å²) in [6.07, 6.45) is 0. The van der Waals surface area contributed by atoms with Gasteiger partial charge in [-0.15, -0.1) is 11.3 Å². The van der Waals surface area contributed by atoms with Crippen molar-refractivity contribution >= 4 is 76.1 Å². The van der Waals surface area contributed by atoms with E-state index in [1.165, 1.54) is 38.1 Å². The molecule has 0 atom stereocenters. The predicted octanol–water partition coefficient (Wildman–Crippen LogP) is 10.1. The molecule has 6 aromatic carbocycles. The first-order valence-electron chi connectivity index (χ1n) is 13.1. The van der Waals surface area contributed by atoms with Crippen LogP contribution < -0.4 is 0 Å². The summed E-state index contributed by atoms with van der Waals surface area (Å²) >= 11 is 1.76. The van der Waals surface area contributed by atoms with Crippen LogP contribution in [0, 0.1) is 0 Å². The summed E-state index contributed by atoms with van der Waals surface area (Å²) in [7, 11) is 0. The van der Waals surface area contributed by atoms with E-state index in [1.54, 1.807) is 11.3 Å². The van der Waals surface area contributed by atoms with Gasteiger partial charge in [0, 0.05) is 27.4 Å². The first kappa shape index (κ1) is 21.1. The normalized spacial score (nSPS) is 12.1. The Balaban J connectivity index is 1.47. The van der Waals surface area contributed by atoms with Gasteiger partial charge >= 0.3 is 0 Å². The van der Waals surface area contributed by atoms with Gasteiger partial charge in [-0.05, 0) is 53.2 Å². The summed E-state index contributed by atoms with van der Waals surface area (Å²) in [5, 5.41) is 8.12. The number of hydrogen-bond donors (Lipinski definition) is 0. The zero-order valence-electron chi connectivity index (χ0n) is 20.8. The quantitative estimate of drug-likeness (QED) is 0.229. The van der Waals surface area contributed by atoms with Gasteiger partial charge in [-0.2, -0.15) is 0 Å². The van der Waals surface area contributed by atoms with Gasteiger partial charge in [-0.1, -0.05) is 78.9 Å². The minimum absolute atomic E-state index is 0.879. The number of benzene rings is 6. The van der Waals surface area contributed by atoms with Crippen LogP contribution in [0.15, 0.2) is 126 Å². The van der Waals surface area contributed by atoms with Gasteiger partial charge in [0.05, 0.1) is 26.6 Å². The molecule has 0 aliphatic heterocycles. The van der Waals surface area contributed by atoms with Crippen LogP contribution in [0.2, 0.25) is 0 Å². The van der Waals surface area contributed by atoms with Crippen molar-refractivity contribution < 1.29 is 4.42 Å². The highest BCUT2D eigenvalue weighted by Gasteiger charge is 2.22. The van der Waals surface area contributed by atoms with E-state index in [4.69, 9.17) is 9.40 Å². The summed E-state index contributed by atoms with van der Waals surface area (Å²) in [5.74, 6) is 0. The van der Waals surface area contributed by atoms with Crippen molar-refractivity contribution in [1.82, 2.24) is 9.55 Å². The second kappa shape index (κ2) is 7.79. The van der Waals surface area contributed by atoms with Gasteiger partial charge in [-0.3, -0.25) is 0 Å². The third-order valence-electron chi connectivity index (χ3n) is 7.81. The van der Waals surface area contributed by atoms with E-state index in [2.05, 4.69) is 114 Å². The Hall–Kier alpha value is -4.93. The van der Waals surface area contributed by atoms with Gasteiger partial charge in [-0.25, -0.2) is 4.98 Å². The zero-order chi connectivity index (χ0) is 25.5. The molecule has 3 nitrogen and oxygen atoms in total. The van der Waals surface area contributed by atoms with E-state index in [0.29, 0.717) is 0 Å². The molecule has 4 heteroatoms. The molecule has 0 saturated carbocycles. The van der Waals surface area contributed by atoms with Crippen molar-refractivity contribution in [2.75, 3.05) is 0 Å². The molecule has 0 spiro atoms. The van der Waals surface area contributed by atoms with Crippen LogP contribution in [0.5, 0.6) is 0 Å². The van der Waals surface area contributed by atoms with Crippen molar-refractivity contribution in [2.45, 2.75) is 0 Å². The number of para-hydroxylation sites is 3. The van der Waals surface area contributed by atoms with Crippen molar-refractivity contribution in [3.8, 4) is 16.3 Å². The lowest BCUT2D eigenvalue weighted by Crippen LogP contribution is -1.93. The third-order valence-corrected chi connectivity index (χ3v) is 8.85. The van der Waals surface area contributed by atoms with E-state index in [-0.39, 0.29) is 0 Å². The second-order valence-electron chi connectivity index (χ2n) is 9.96. The van der Waals surface area contributed by atoms with Crippen molar-refractivity contribution in [3.63, 3.8) is 0 Å². The van der Waals surface area contributed by atoms with Crippen molar-refractivity contribution in [1.29, 1.82) is 0 Å². The molecular weight excluding hydrogens is 496 g/mol. The van der Waals surface area contributed by atoms with Gasteiger partial charge < -0.3 is 8.98 Å². The molecule has 0 fully saturated rings. The fourth-order valence-electron chi connectivity index (χ4n) is 6.18. The molecule has 0 unspecified atom stereocenters. The molecular formula is C35H20N2OS. The average molecular weight is 517 g/mol. The SMILES string of the molecule is c1ccc(-n2c3ccccc3c3c(-c4nc5c(ccc6oc7ccccc7c65)s4)c4ccccc4cc32)cc1. The number of rotatable bonds is 2. The van der Waals surface area contributed by atoms with E-state index in [9.17, 15) is 0 Å². The Morgan fingerprint density at radius 1 is 0.590 bits per heavy atom. The van der Waals surface area contributed by atoms with Crippen LogP contribution in [-0.2, 0) is 0 Å². The third kappa shape index (κ3) is 2.89. The minimum Gasteiger partial charge on any atom is -0.456 e. The molecule has 182 valence electrons. The van der Waals surface area contributed by atoms with Crippen molar-refractivity contribution in [3.05, 3.63) is 121 Å². The number of hydrogen-bond acceptors (Lipinski definition) is 3. The molecule has 0 bridgehead atoms. The molecule has 39 heavy (non-hydrogen) atoms. The van der Waals surface area contributed by atoms with Gasteiger partial charge in [0.1, 0.15) is 16.2 Å². The molecule has 0 aliphatic rings. The van der Waals surface area contributed by atoms with Gasteiger partial charge in [0.25, 0.3) is 0 Å². The Bertz CT molecular complexity index is 2390. The minimum atomic E-state index is 0.879. The van der Waals surface area contributed by atoms with Crippen molar-refractivity contribution in [2.24, 2.45) is 0 Å². The maximum Gasteiger partial charge on any atom is 0.137 e. The van der Waals surface area contributed by atoms with Crippen LogP contribution in [0.1, 0.15) is 0 Å². The zero-order valence-corrected chi connectivity index (χ0v) is 21.6.